The summed E-state index contributed by atoms with van der Waals surface area (Å²) < 4.78 is 26.5. The molecule has 0 heterocycles. The number of sulfonamides is 1. The Labute approximate surface area is 218 Å². The molecule has 0 aliphatic heterocycles. The number of amides is 2. The predicted molar refractivity (Wildman–Crippen MR) is 142 cm³/mol. The molecule has 0 saturated carbocycles. The number of halogens is 2. The van der Waals surface area contributed by atoms with E-state index in [4.69, 9.17) is 23.2 Å². The van der Waals surface area contributed by atoms with Gasteiger partial charge in [-0.1, -0.05) is 54.4 Å². The van der Waals surface area contributed by atoms with Gasteiger partial charge >= 0.3 is 0 Å². The van der Waals surface area contributed by atoms with Gasteiger partial charge in [-0.2, -0.15) is 0 Å². The number of carbonyl (C=O) groups excluding carboxylic acids is 2. The van der Waals surface area contributed by atoms with Gasteiger partial charge < -0.3 is 10.2 Å². The van der Waals surface area contributed by atoms with E-state index < -0.39 is 34.1 Å². The lowest BCUT2D eigenvalue weighted by atomic mass is 10.1. The minimum atomic E-state index is -3.81. The quantitative estimate of drug-likeness (QED) is 0.494. The molecule has 0 aromatic heterocycles. The third kappa shape index (κ3) is 7.85. The van der Waals surface area contributed by atoms with Crippen molar-refractivity contribution in [2.24, 2.45) is 0 Å². The largest absolute Gasteiger partial charge is 0.350 e. The summed E-state index contributed by atoms with van der Waals surface area (Å²) in [6, 6.07) is 11.0. The molecule has 2 aromatic rings. The minimum absolute atomic E-state index is 0.0568. The Morgan fingerprint density at radius 2 is 1.60 bits per heavy atom. The molecule has 2 amide bonds. The van der Waals surface area contributed by atoms with Crippen LogP contribution in [-0.2, 0) is 26.2 Å². The summed E-state index contributed by atoms with van der Waals surface area (Å²) in [6.45, 7) is 8.56. The number of rotatable bonds is 9. The third-order valence-electron chi connectivity index (χ3n) is 5.34. The Hall–Kier alpha value is -2.29. The van der Waals surface area contributed by atoms with E-state index in [0.717, 1.165) is 10.6 Å². The second-order valence-electron chi connectivity index (χ2n) is 9.44. The Morgan fingerprint density at radius 1 is 1.03 bits per heavy atom. The van der Waals surface area contributed by atoms with Gasteiger partial charge in [0.05, 0.1) is 11.9 Å². The van der Waals surface area contributed by atoms with Crippen molar-refractivity contribution in [3.05, 3.63) is 63.6 Å². The first-order valence-electron chi connectivity index (χ1n) is 11.2. The van der Waals surface area contributed by atoms with Crippen LogP contribution in [0.1, 0.15) is 45.2 Å². The van der Waals surface area contributed by atoms with Gasteiger partial charge in [0.15, 0.2) is 0 Å². The van der Waals surface area contributed by atoms with Crippen LogP contribution in [0, 0.1) is 6.92 Å². The van der Waals surface area contributed by atoms with Gasteiger partial charge in [0, 0.05) is 27.7 Å². The van der Waals surface area contributed by atoms with Crippen LogP contribution in [-0.4, -0.2) is 49.5 Å². The summed E-state index contributed by atoms with van der Waals surface area (Å²) in [5.74, 6) is -0.899. The topological polar surface area (TPSA) is 86.8 Å². The van der Waals surface area contributed by atoms with Crippen LogP contribution in [0.2, 0.25) is 10.0 Å². The van der Waals surface area contributed by atoms with E-state index >= 15 is 0 Å². The molecule has 35 heavy (non-hydrogen) atoms. The van der Waals surface area contributed by atoms with Crippen LogP contribution >= 0.6 is 23.2 Å². The number of nitrogens with one attached hydrogen (secondary N) is 1. The van der Waals surface area contributed by atoms with E-state index in [0.29, 0.717) is 33.3 Å². The fourth-order valence-corrected chi connectivity index (χ4v) is 5.09. The highest BCUT2D eigenvalue weighted by Crippen LogP contribution is 2.28. The maximum Gasteiger partial charge on any atom is 0.244 e. The minimum Gasteiger partial charge on any atom is -0.350 e. The van der Waals surface area contributed by atoms with Gasteiger partial charge in [-0.15, -0.1) is 0 Å². The average molecular weight is 543 g/mol. The summed E-state index contributed by atoms with van der Waals surface area (Å²) in [5.41, 5.74) is 1.05. The molecule has 0 radical (unpaired) electrons. The van der Waals surface area contributed by atoms with Gasteiger partial charge in [0.1, 0.15) is 12.6 Å². The lowest BCUT2D eigenvalue weighted by Crippen LogP contribution is -2.55. The first kappa shape index (κ1) is 28.9. The molecular formula is C25H33Cl2N3O4S. The molecule has 7 nitrogen and oxygen atoms in total. The summed E-state index contributed by atoms with van der Waals surface area (Å²) >= 11 is 12.8. The van der Waals surface area contributed by atoms with E-state index in [1.165, 1.54) is 4.90 Å². The zero-order valence-corrected chi connectivity index (χ0v) is 23.3. The summed E-state index contributed by atoms with van der Waals surface area (Å²) in [7, 11) is -3.81. The number of nitrogens with zero attached hydrogens (tertiary/aromatic N) is 2. The standard InChI is InChI=1S/C25H33Cl2N3O4S/c1-7-21(24(32)28-25(3,4)5)29(15-18-19(26)12-10-13-20(18)27)23(31)16-30(35(6,33)34)22-14-9-8-11-17(22)2/h8-14,21H,7,15-16H2,1-6H3,(H,28,32)/t21-/m0/s1. The number of para-hydroxylation sites is 1. The smallest absolute Gasteiger partial charge is 0.244 e. The molecule has 2 aromatic carbocycles. The van der Waals surface area contributed by atoms with Crippen LogP contribution in [0.4, 0.5) is 5.69 Å². The van der Waals surface area contributed by atoms with E-state index in [1.54, 1.807) is 56.3 Å². The molecule has 0 saturated heterocycles. The predicted octanol–water partition coefficient (Wildman–Crippen LogP) is 4.79. The van der Waals surface area contributed by atoms with Gasteiger partial charge in [-0.3, -0.25) is 13.9 Å². The first-order chi connectivity index (χ1) is 16.2. The molecule has 0 aliphatic rings. The maximum absolute atomic E-state index is 13.7. The SMILES string of the molecule is CC[C@@H](C(=O)NC(C)(C)C)N(Cc1c(Cl)cccc1Cl)C(=O)CN(c1ccccc1C)S(C)(=O)=O. The van der Waals surface area contributed by atoms with Crippen molar-refractivity contribution in [2.45, 2.75) is 59.2 Å². The first-order valence-corrected chi connectivity index (χ1v) is 13.8. The number of hydrogen-bond donors (Lipinski definition) is 1. The van der Waals surface area contributed by atoms with Crippen LogP contribution in [0.25, 0.3) is 0 Å². The monoisotopic (exact) mass is 541 g/mol. The lowest BCUT2D eigenvalue weighted by molar-refractivity contribution is -0.141. The van der Waals surface area contributed by atoms with Gasteiger partial charge in [-0.25, -0.2) is 8.42 Å². The summed E-state index contributed by atoms with van der Waals surface area (Å²) in [6.07, 6.45) is 1.35. The van der Waals surface area contributed by atoms with Crippen LogP contribution < -0.4 is 9.62 Å². The van der Waals surface area contributed by atoms with E-state index in [9.17, 15) is 18.0 Å². The molecule has 10 heteroatoms. The molecule has 0 fully saturated rings. The van der Waals surface area contributed by atoms with Gasteiger partial charge in [-0.05, 0) is 57.9 Å². The van der Waals surface area contributed by atoms with Crippen molar-refractivity contribution in [1.82, 2.24) is 10.2 Å². The van der Waals surface area contributed by atoms with Gasteiger partial charge in [0.25, 0.3) is 0 Å². The molecule has 1 N–H and O–H groups in total. The van der Waals surface area contributed by atoms with E-state index in [1.807, 2.05) is 20.8 Å². The molecule has 2 rings (SSSR count). The molecule has 1 atom stereocenters. The third-order valence-corrected chi connectivity index (χ3v) is 7.17. The molecule has 0 spiro atoms. The highest BCUT2D eigenvalue weighted by molar-refractivity contribution is 7.92. The zero-order valence-electron chi connectivity index (χ0n) is 20.9. The molecular weight excluding hydrogens is 509 g/mol. The highest BCUT2D eigenvalue weighted by Gasteiger charge is 2.34. The number of benzene rings is 2. The number of hydrogen-bond acceptors (Lipinski definition) is 4. The second-order valence-corrected chi connectivity index (χ2v) is 12.2. The Balaban J connectivity index is 2.54. The van der Waals surface area contributed by atoms with Crippen molar-refractivity contribution in [3.8, 4) is 0 Å². The lowest BCUT2D eigenvalue weighted by Gasteiger charge is -2.35. The van der Waals surface area contributed by atoms with Crippen molar-refractivity contribution < 1.29 is 18.0 Å². The van der Waals surface area contributed by atoms with Crippen molar-refractivity contribution in [1.29, 1.82) is 0 Å². The van der Waals surface area contributed by atoms with Crippen molar-refractivity contribution >= 4 is 50.7 Å². The Morgan fingerprint density at radius 3 is 2.09 bits per heavy atom. The molecule has 0 unspecified atom stereocenters. The van der Waals surface area contributed by atoms with Crippen LogP contribution in [0.15, 0.2) is 42.5 Å². The number of anilines is 1. The summed E-state index contributed by atoms with van der Waals surface area (Å²) in [4.78, 5) is 28.3. The van der Waals surface area contributed by atoms with Crippen molar-refractivity contribution in [3.63, 3.8) is 0 Å². The van der Waals surface area contributed by atoms with Crippen LogP contribution in [0.5, 0.6) is 0 Å². The maximum atomic E-state index is 13.7. The molecule has 0 aliphatic carbocycles. The average Bonchev–Trinajstić information content (AvgIpc) is 2.72. The normalized spacial score (nSPS) is 12.7. The van der Waals surface area contributed by atoms with E-state index in [2.05, 4.69) is 5.32 Å². The molecule has 0 bridgehead atoms. The number of carbonyl (C=O) groups is 2. The molecule has 192 valence electrons. The van der Waals surface area contributed by atoms with Crippen molar-refractivity contribution in [2.75, 3.05) is 17.1 Å². The zero-order chi connectivity index (χ0) is 26.6. The fourth-order valence-electron chi connectivity index (χ4n) is 3.66. The highest BCUT2D eigenvalue weighted by atomic mass is 35.5. The Bertz CT molecular complexity index is 1160. The van der Waals surface area contributed by atoms with E-state index in [-0.39, 0.29) is 12.5 Å². The fraction of sp³-hybridized carbons (Fsp3) is 0.440. The number of aryl methyl sites for hydroxylation is 1. The Kier molecular flexibility index (Phi) is 9.62. The second kappa shape index (κ2) is 11.6. The van der Waals surface area contributed by atoms with Crippen LogP contribution in [0.3, 0.4) is 0 Å². The van der Waals surface area contributed by atoms with Gasteiger partial charge in [0.2, 0.25) is 21.8 Å². The summed E-state index contributed by atoms with van der Waals surface area (Å²) in [5, 5.41) is 3.61.